The maximum Gasteiger partial charge on any atom is 0.416 e. The number of hydrogen-bond donors (Lipinski definition) is 1. The summed E-state index contributed by atoms with van der Waals surface area (Å²) in [6.45, 7) is 0.0647. The molecule has 0 aliphatic carbocycles. The first-order valence-corrected chi connectivity index (χ1v) is 7.50. The SMILES string of the molecule is O=C(NCc1cccc(C(F)(F)F)c1)c1csc(I)c1. The summed E-state index contributed by atoms with van der Waals surface area (Å²) in [6.07, 6.45) is -4.37. The number of benzene rings is 1. The largest absolute Gasteiger partial charge is 0.416 e. The fraction of sp³-hybridized carbons (Fsp3) is 0.154. The van der Waals surface area contributed by atoms with Gasteiger partial charge in [0.15, 0.2) is 0 Å². The molecule has 20 heavy (non-hydrogen) atoms. The first-order chi connectivity index (χ1) is 9.36. The first kappa shape index (κ1) is 15.3. The lowest BCUT2D eigenvalue weighted by Gasteiger charge is -2.09. The summed E-state index contributed by atoms with van der Waals surface area (Å²) in [5.74, 6) is -0.290. The van der Waals surface area contributed by atoms with E-state index in [1.54, 1.807) is 17.5 Å². The van der Waals surface area contributed by atoms with Crippen LogP contribution in [-0.4, -0.2) is 5.91 Å². The van der Waals surface area contributed by atoms with Gasteiger partial charge in [-0.2, -0.15) is 13.2 Å². The van der Waals surface area contributed by atoms with Crippen LogP contribution in [0.3, 0.4) is 0 Å². The summed E-state index contributed by atoms with van der Waals surface area (Å²) < 4.78 is 38.6. The first-order valence-electron chi connectivity index (χ1n) is 5.54. The molecule has 0 radical (unpaired) electrons. The van der Waals surface area contributed by atoms with Crippen molar-refractivity contribution in [3.63, 3.8) is 0 Å². The van der Waals surface area contributed by atoms with E-state index in [1.165, 1.54) is 17.4 Å². The van der Waals surface area contributed by atoms with Crippen molar-refractivity contribution in [3.8, 4) is 0 Å². The quantitative estimate of drug-likeness (QED) is 0.750. The maximum absolute atomic E-state index is 12.5. The second kappa shape index (κ2) is 6.13. The minimum absolute atomic E-state index is 0.0647. The molecule has 0 atom stereocenters. The van der Waals surface area contributed by atoms with Crippen LogP contribution < -0.4 is 5.32 Å². The zero-order chi connectivity index (χ0) is 14.8. The van der Waals surface area contributed by atoms with E-state index in [9.17, 15) is 18.0 Å². The van der Waals surface area contributed by atoms with Gasteiger partial charge in [-0.15, -0.1) is 11.3 Å². The molecule has 1 N–H and O–H groups in total. The lowest BCUT2D eigenvalue weighted by Crippen LogP contribution is -2.22. The van der Waals surface area contributed by atoms with Crippen molar-refractivity contribution in [1.29, 1.82) is 0 Å². The number of hydrogen-bond acceptors (Lipinski definition) is 2. The van der Waals surface area contributed by atoms with Crippen LogP contribution in [0.1, 0.15) is 21.5 Å². The normalized spacial score (nSPS) is 11.4. The van der Waals surface area contributed by atoms with Gasteiger partial charge >= 0.3 is 6.18 Å². The summed E-state index contributed by atoms with van der Waals surface area (Å²) in [7, 11) is 0. The molecule has 1 aromatic heterocycles. The Kier molecular flexibility index (Phi) is 4.69. The fourth-order valence-corrected chi connectivity index (χ4v) is 2.90. The average molecular weight is 411 g/mol. The Morgan fingerprint density at radius 2 is 2.05 bits per heavy atom. The smallest absolute Gasteiger partial charge is 0.348 e. The van der Waals surface area contributed by atoms with E-state index in [4.69, 9.17) is 0 Å². The van der Waals surface area contributed by atoms with Crippen LogP contribution >= 0.6 is 33.9 Å². The average Bonchev–Trinajstić information content (AvgIpc) is 2.82. The van der Waals surface area contributed by atoms with Crippen molar-refractivity contribution in [1.82, 2.24) is 5.32 Å². The Balaban J connectivity index is 2.02. The Hall–Kier alpha value is -1.09. The number of rotatable bonds is 3. The highest BCUT2D eigenvalue weighted by Crippen LogP contribution is 2.29. The Morgan fingerprint density at radius 3 is 2.65 bits per heavy atom. The number of carbonyl (C=O) groups is 1. The van der Waals surface area contributed by atoms with E-state index in [2.05, 4.69) is 27.9 Å². The van der Waals surface area contributed by atoms with E-state index < -0.39 is 11.7 Å². The lowest BCUT2D eigenvalue weighted by atomic mass is 10.1. The Bertz CT molecular complexity index is 624. The molecule has 0 saturated heterocycles. The number of carbonyl (C=O) groups excluding carboxylic acids is 1. The maximum atomic E-state index is 12.5. The summed E-state index contributed by atoms with van der Waals surface area (Å²) in [5, 5.41) is 4.32. The second-order valence-corrected chi connectivity index (χ2v) is 6.83. The molecular weight excluding hydrogens is 402 g/mol. The number of amides is 1. The molecule has 2 aromatic rings. The summed E-state index contributed by atoms with van der Waals surface area (Å²) in [4.78, 5) is 11.8. The summed E-state index contributed by atoms with van der Waals surface area (Å²) in [5.41, 5.74) is 0.221. The minimum atomic E-state index is -4.37. The van der Waals surface area contributed by atoms with E-state index in [0.717, 1.165) is 15.0 Å². The van der Waals surface area contributed by atoms with Crippen LogP contribution in [0.25, 0.3) is 0 Å². The number of nitrogens with one attached hydrogen (secondary N) is 1. The molecule has 0 aliphatic heterocycles. The highest BCUT2D eigenvalue weighted by atomic mass is 127. The fourth-order valence-electron chi connectivity index (χ4n) is 1.57. The van der Waals surface area contributed by atoms with Gasteiger partial charge < -0.3 is 5.32 Å². The summed E-state index contributed by atoms with van der Waals surface area (Å²) >= 11 is 3.54. The Morgan fingerprint density at radius 1 is 1.30 bits per heavy atom. The van der Waals surface area contributed by atoms with Crippen LogP contribution in [0.4, 0.5) is 13.2 Å². The predicted octanol–water partition coefficient (Wildman–Crippen LogP) is 4.30. The van der Waals surface area contributed by atoms with Crippen molar-refractivity contribution in [2.75, 3.05) is 0 Å². The van der Waals surface area contributed by atoms with Gasteiger partial charge in [-0.05, 0) is 46.4 Å². The van der Waals surface area contributed by atoms with Crippen LogP contribution in [0.15, 0.2) is 35.7 Å². The highest BCUT2D eigenvalue weighted by molar-refractivity contribution is 14.1. The molecule has 2 rings (SSSR count). The molecule has 0 aliphatic rings. The van der Waals surface area contributed by atoms with E-state index in [0.29, 0.717) is 11.1 Å². The van der Waals surface area contributed by atoms with Crippen LogP contribution in [0.2, 0.25) is 0 Å². The van der Waals surface area contributed by atoms with Crippen molar-refractivity contribution in [2.24, 2.45) is 0 Å². The summed E-state index contributed by atoms with van der Waals surface area (Å²) in [6, 6.07) is 6.65. The van der Waals surface area contributed by atoms with Gasteiger partial charge in [0.25, 0.3) is 5.91 Å². The van der Waals surface area contributed by atoms with Crippen LogP contribution in [0.5, 0.6) is 0 Å². The third-order valence-corrected chi connectivity index (χ3v) is 4.33. The molecule has 1 amide bonds. The predicted molar refractivity (Wildman–Crippen MR) is 79.7 cm³/mol. The third kappa shape index (κ3) is 3.95. The zero-order valence-corrected chi connectivity index (χ0v) is 13.0. The molecule has 106 valence electrons. The minimum Gasteiger partial charge on any atom is -0.348 e. The van der Waals surface area contributed by atoms with Crippen molar-refractivity contribution < 1.29 is 18.0 Å². The molecule has 0 saturated carbocycles. The molecule has 7 heteroatoms. The van der Waals surface area contributed by atoms with E-state index in [1.807, 2.05) is 0 Å². The molecule has 2 nitrogen and oxygen atoms in total. The highest BCUT2D eigenvalue weighted by Gasteiger charge is 2.30. The van der Waals surface area contributed by atoms with Gasteiger partial charge in [0.1, 0.15) is 0 Å². The molecular formula is C13H9F3INOS. The van der Waals surface area contributed by atoms with Crippen LogP contribution in [-0.2, 0) is 12.7 Å². The standard InChI is InChI=1S/C13H9F3INOS/c14-13(15,16)10-3-1-2-8(4-10)6-18-12(19)9-5-11(17)20-7-9/h1-5,7H,6H2,(H,18,19). The Labute approximate surface area is 131 Å². The van der Waals surface area contributed by atoms with Crippen molar-refractivity contribution >= 4 is 39.8 Å². The van der Waals surface area contributed by atoms with Gasteiger partial charge in [-0.3, -0.25) is 4.79 Å². The van der Waals surface area contributed by atoms with Crippen molar-refractivity contribution in [3.05, 3.63) is 55.3 Å². The zero-order valence-electron chi connectivity index (χ0n) is 10.00. The van der Waals surface area contributed by atoms with Gasteiger partial charge in [0, 0.05) is 11.9 Å². The van der Waals surface area contributed by atoms with Gasteiger partial charge in [-0.1, -0.05) is 12.1 Å². The number of alkyl halides is 3. The number of halogens is 4. The van der Waals surface area contributed by atoms with Gasteiger partial charge in [0.2, 0.25) is 0 Å². The number of thiophene rings is 1. The molecule has 0 bridgehead atoms. The molecule has 1 aromatic carbocycles. The van der Waals surface area contributed by atoms with Crippen molar-refractivity contribution in [2.45, 2.75) is 12.7 Å². The molecule has 0 fully saturated rings. The second-order valence-electron chi connectivity index (χ2n) is 4.02. The van der Waals surface area contributed by atoms with Crippen LogP contribution in [0, 0.1) is 2.88 Å². The monoisotopic (exact) mass is 411 g/mol. The lowest BCUT2D eigenvalue weighted by molar-refractivity contribution is -0.137. The van der Waals surface area contributed by atoms with E-state index in [-0.39, 0.29) is 12.5 Å². The third-order valence-electron chi connectivity index (χ3n) is 2.54. The molecule has 1 heterocycles. The molecule has 0 unspecified atom stereocenters. The van der Waals surface area contributed by atoms with E-state index >= 15 is 0 Å². The molecule has 0 spiro atoms. The van der Waals surface area contributed by atoms with Gasteiger partial charge in [0.05, 0.1) is 14.0 Å². The van der Waals surface area contributed by atoms with Gasteiger partial charge in [-0.25, -0.2) is 0 Å². The topological polar surface area (TPSA) is 29.1 Å².